The molecule has 3 rings (SSSR count). The average molecular weight is 262 g/mol. The van der Waals surface area contributed by atoms with Crippen LogP contribution in [0.4, 0.5) is 4.39 Å². The average Bonchev–Trinajstić information content (AvgIpc) is 2.48. The third kappa shape index (κ3) is 2.50. The fourth-order valence-corrected chi connectivity index (χ4v) is 1.89. The van der Waals surface area contributed by atoms with Crippen LogP contribution in [0.25, 0.3) is 11.0 Å². The predicted octanol–water partition coefficient (Wildman–Crippen LogP) is 3.48. The molecule has 20 heavy (non-hydrogen) atoms. The summed E-state index contributed by atoms with van der Waals surface area (Å²) in [4.78, 5) is 8.54. The maximum Gasteiger partial charge on any atom is 0.126 e. The number of halogens is 1. The Balaban J connectivity index is 1.96. The van der Waals surface area contributed by atoms with E-state index in [9.17, 15) is 4.39 Å². The minimum absolute atomic E-state index is 0.216. The molecule has 0 aliphatic heterocycles. The van der Waals surface area contributed by atoms with Crippen molar-refractivity contribution in [3.63, 3.8) is 0 Å². The molecule has 0 N–H and O–H groups in total. The lowest BCUT2D eigenvalue weighted by molar-refractivity contribution is 0.618. The van der Waals surface area contributed by atoms with E-state index in [0.717, 1.165) is 22.2 Å². The smallest absolute Gasteiger partial charge is 0.126 e. The zero-order valence-corrected chi connectivity index (χ0v) is 10.9. The fourth-order valence-electron chi connectivity index (χ4n) is 1.89. The van der Waals surface area contributed by atoms with Gasteiger partial charge in [0.1, 0.15) is 5.82 Å². The van der Waals surface area contributed by atoms with Gasteiger partial charge in [-0.25, -0.2) is 4.39 Å². The molecule has 0 atom stereocenters. The van der Waals surface area contributed by atoms with Gasteiger partial charge in [0.15, 0.2) is 0 Å². The van der Waals surface area contributed by atoms with E-state index in [0.29, 0.717) is 5.56 Å². The van der Waals surface area contributed by atoms with Crippen molar-refractivity contribution < 1.29 is 4.39 Å². The Kier molecular flexibility index (Phi) is 3.14. The summed E-state index contributed by atoms with van der Waals surface area (Å²) >= 11 is 0. The van der Waals surface area contributed by atoms with Gasteiger partial charge >= 0.3 is 0 Å². The van der Waals surface area contributed by atoms with Crippen molar-refractivity contribution in [1.29, 1.82) is 0 Å². The van der Waals surface area contributed by atoms with Crippen LogP contribution in [0, 0.1) is 24.6 Å². The van der Waals surface area contributed by atoms with Gasteiger partial charge in [0.25, 0.3) is 0 Å². The number of aromatic nitrogens is 2. The second kappa shape index (κ2) is 5.10. The number of fused-ring (bicyclic) bond motifs is 1. The van der Waals surface area contributed by atoms with Crippen LogP contribution in [0.3, 0.4) is 0 Å². The van der Waals surface area contributed by atoms with E-state index in [4.69, 9.17) is 0 Å². The summed E-state index contributed by atoms with van der Waals surface area (Å²) in [6.45, 7) is 1.72. The molecule has 0 amide bonds. The molecule has 3 aromatic rings. The van der Waals surface area contributed by atoms with E-state index < -0.39 is 0 Å². The Morgan fingerprint density at radius 3 is 2.65 bits per heavy atom. The van der Waals surface area contributed by atoms with Gasteiger partial charge in [-0.2, -0.15) is 0 Å². The van der Waals surface area contributed by atoms with Gasteiger partial charge in [0, 0.05) is 23.5 Å². The Hall–Kier alpha value is -2.73. The van der Waals surface area contributed by atoms with Crippen LogP contribution in [0.5, 0.6) is 0 Å². The topological polar surface area (TPSA) is 25.8 Å². The molecule has 2 aromatic heterocycles. The van der Waals surface area contributed by atoms with E-state index in [1.807, 2.05) is 18.2 Å². The molecule has 0 spiro atoms. The number of hydrogen-bond acceptors (Lipinski definition) is 2. The first kappa shape index (κ1) is 12.3. The number of hydrogen-bond donors (Lipinski definition) is 0. The van der Waals surface area contributed by atoms with Gasteiger partial charge in [0.05, 0.1) is 11.0 Å². The second-order valence-electron chi connectivity index (χ2n) is 4.48. The maximum absolute atomic E-state index is 13.2. The van der Waals surface area contributed by atoms with Crippen LogP contribution in [0.1, 0.15) is 16.7 Å². The Bertz CT molecular complexity index is 844. The first-order chi connectivity index (χ1) is 9.72. The molecular weight excluding hydrogens is 251 g/mol. The minimum atomic E-state index is -0.216. The Morgan fingerprint density at radius 2 is 1.80 bits per heavy atom. The lowest BCUT2D eigenvalue weighted by Crippen LogP contribution is -1.85. The van der Waals surface area contributed by atoms with Crippen molar-refractivity contribution in [3.05, 3.63) is 71.3 Å². The molecule has 0 aliphatic rings. The van der Waals surface area contributed by atoms with Crippen LogP contribution in [-0.4, -0.2) is 9.97 Å². The highest BCUT2D eigenvalue weighted by atomic mass is 19.1. The molecule has 0 bridgehead atoms. The number of benzene rings is 1. The quantitative estimate of drug-likeness (QED) is 0.580. The molecule has 0 fully saturated rings. The standard InChI is InChI=1S/C17H11FN2/c1-12-9-13(6-7-15(12)18)4-5-14-10-17-16(20-11-14)3-2-8-19-17/h2-3,6-11H,1H3. The Morgan fingerprint density at radius 1 is 0.950 bits per heavy atom. The van der Waals surface area contributed by atoms with E-state index in [-0.39, 0.29) is 5.82 Å². The minimum Gasteiger partial charge on any atom is -0.255 e. The van der Waals surface area contributed by atoms with Gasteiger partial charge in [-0.15, -0.1) is 0 Å². The van der Waals surface area contributed by atoms with E-state index in [2.05, 4.69) is 21.8 Å². The van der Waals surface area contributed by atoms with Crippen molar-refractivity contribution in [2.24, 2.45) is 0 Å². The van der Waals surface area contributed by atoms with Gasteiger partial charge in [0.2, 0.25) is 0 Å². The SMILES string of the molecule is Cc1cc(C#Cc2cnc3cccnc3c2)ccc1F. The summed E-state index contributed by atoms with van der Waals surface area (Å²) < 4.78 is 13.2. The number of nitrogens with zero attached hydrogens (tertiary/aromatic N) is 2. The van der Waals surface area contributed by atoms with Gasteiger partial charge in [-0.1, -0.05) is 11.8 Å². The summed E-state index contributed by atoms with van der Waals surface area (Å²) in [5.41, 5.74) is 3.82. The highest BCUT2D eigenvalue weighted by Gasteiger charge is 1.97. The lowest BCUT2D eigenvalue weighted by Gasteiger charge is -1.97. The maximum atomic E-state index is 13.2. The van der Waals surface area contributed by atoms with Crippen molar-refractivity contribution in [3.8, 4) is 11.8 Å². The fraction of sp³-hybridized carbons (Fsp3) is 0.0588. The van der Waals surface area contributed by atoms with Crippen LogP contribution >= 0.6 is 0 Å². The highest BCUT2D eigenvalue weighted by Crippen LogP contribution is 2.10. The second-order valence-corrected chi connectivity index (χ2v) is 4.48. The van der Waals surface area contributed by atoms with Gasteiger partial charge in [-0.05, 0) is 48.9 Å². The summed E-state index contributed by atoms with van der Waals surface area (Å²) in [5, 5.41) is 0. The number of pyridine rings is 2. The van der Waals surface area contributed by atoms with Crippen LogP contribution in [0.15, 0.2) is 48.8 Å². The molecule has 0 radical (unpaired) electrons. The molecule has 0 aliphatic carbocycles. The zero-order valence-electron chi connectivity index (χ0n) is 10.9. The molecule has 3 heteroatoms. The van der Waals surface area contributed by atoms with Crippen molar-refractivity contribution in [1.82, 2.24) is 9.97 Å². The molecule has 2 nitrogen and oxygen atoms in total. The van der Waals surface area contributed by atoms with Gasteiger partial charge in [-0.3, -0.25) is 9.97 Å². The molecule has 1 aromatic carbocycles. The summed E-state index contributed by atoms with van der Waals surface area (Å²) in [5.74, 6) is 5.82. The van der Waals surface area contributed by atoms with Crippen molar-refractivity contribution in [2.45, 2.75) is 6.92 Å². The van der Waals surface area contributed by atoms with E-state index in [1.165, 1.54) is 6.07 Å². The monoisotopic (exact) mass is 262 g/mol. The predicted molar refractivity (Wildman–Crippen MR) is 76.7 cm³/mol. The zero-order chi connectivity index (χ0) is 13.9. The number of aryl methyl sites for hydroxylation is 1. The van der Waals surface area contributed by atoms with Crippen LogP contribution in [-0.2, 0) is 0 Å². The third-order valence-electron chi connectivity index (χ3n) is 2.96. The molecule has 96 valence electrons. The highest BCUT2D eigenvalue weighted by molar-refractivity contribution is 5.75. The normalized spacial score (nSPS) is 10.1. The molecular formula is C17H11FN2. The molecule has 0 saturated carbocycles. The largest absolute Gasteiger partial charge is 0.255 e. The number of rotatable bonds is 0. The molecule has 0 saturated heterocycles. The first-order valence-corrected chi connectivity index (χ1v) is 6.21. The van der Waals surface area contributed by atoms with E-state index >= 15 is 0 Å². The third-order valence-corrected chi connectivity index (χ3v) is 2.96. The Labute approximate surface area is 116 Å². The lowest BCUT2D eigenvalue weighted by atomic mass is 10.1. The van der Waals surface area contributed by atoms with E-state index in [1.54, 1.807) is 31.5 Å². The molecule has 0 unspecified atom stereocenters. The summed E-state index contributed by atoms with van der Waals surface area (Å²) in [6, 6.07) is 10.5. The van der Waals surface area contributed by atoms with Crippen LogP contribution < -0.4 is 0 Å². The van der Waals surface area contributed by atoms with Crippen molar-refractivity contribution in [2.75, 3.05) is 0 Å². The molecule has 2 heterocycles. The first-order valence-electron chi connectivity index (χ1n) is 6.21. The van der Waals surface area contributed by atoms with Crippen molar-refractivity contribution >= 4 is 11.0 Å². The van der Waals surface area contributed by atoms with Gasteiger partial charge < -0.3 is 0 Å². The van der Waals surface area contributed by atoms with Crippen LogP contribution in [0.2, 0.25) is 0 Å². The summed E-state index contributed by atoms with van der Waals surface area (Å²) in [6.07, 6.45) is 3.44. The summed E-state index contributed by atoms with van der Waals surface area (Å²) in [7, 11) is 0.